The third-order valence-corrected chi connectivity index (χ3v) is 6.84. The van der Waals surface area contributed by atoms with Gasteiger partial charge in [0.05, 0.1) is 4.90 Å². The van der Waals surface area contributed by atoms with Crippen molar-refractivity contribution in [3.05, 3.63) is 30.1 Å². The predicted molar refractivity (Wildman–Crippen MR) is 107 cm³/mol. The van der Waals surface area contributed by atoms with Crippen molar-refractivity contribution < 1.29 is 17.6 Å². The van der Waals surface area contributed by atoms with Crippen molar-refractivity contribution in [3.8, 4) is 0 Å². The van der Waals surface area contributed by atoms with Gasteiger partial charge in [0, 0.05) is 52.7 Å². The Hall–Kier alpha value is -1.55. The highest BCUT2D eigenvalue weighted by Crippen LogP contribution is 2.15. The molecule has 0 saturated carbocycles. The fraction of sp³-hybridized carbons (Fsp3) is 0.632. The van der Waals surface area contributed by atoms with Gasteiger partial charge in [0.15, 0.2) is 0 Å². The molecule has 0 unspecified atom stereocenters. The van der Waals surface area contributed by atoms with Crippen molar-refractivity contribution in [3.63, 3.8) is 0 Å². The first-order chi connectivity index (χ1) is 13.3. The summed E-state index contributed by atoms with van der Waals surface area (Å²) in [5.74, 6) is -0.545. The number of hydrogen-bond acceptors (Lipinski definition) is 5. The molecule has 1 aliphatic heterocycles. The molecule has 0 aliphatic carbocycles. The zero-order valence-electron chi connectivity index (χ0n) is 16.7. The summed E-state index contributed by atoms with van der Waals surface area (Å²) in [7, 11) is -0.0752. The Kier molecular flexibility index (Phi) is 8.81. The summed E-state index contributed by atoms with van der Waals surface area (Å²) in [5.41, 5.74) is 0. The quantitative estimate of drug-likeness (QED) is 0.578. The van der Waals surface area contributed by atoms with Crippen molar-refractivity contribution in [1.29, 1.82) is 0 Å². The zero-order chi connectivity index (χ0) is 20.6. The van der Waals surface area contributed by atoms with Gasteiger partial charge in [0.1, 0.15) is 5.82 Å². The van der Waals surface area contributed by atoms with Crippen LogP contribution in [0.5, 0.6) is 0 Å². The molecular weight excluding hydrogens is 383 g/mol. The summed E-state index contributed by atoms with van der Waals surface area (Å²) in [5, 5.41) is 2.90. The number of carbonyl (C=O) groups excluding carboxylic acids is 1. The van der Waals surface area contributed by atoms with E-state index >= 15 is 0 Å². The van der Waals surface area contributed by atoms with Crippen LogP contribution in [0.3, 0.4) is 0 Å². The van der Waals surface area contributed by atoms with Gasteiger partial charge >= 0.3 is 0 Å². The number of nitrogens with one attached hydrogen (secondary N) is 1. The third kappa shape index (κ3) is 7.12. The first-order valence-corrected chi connectivity index (χ1v) is 11.1. The number of benzene rings is 1. The average molecular weight is 415 g/mol. The lowest BCUT2D eigenvalue weighted by Gasteiger charge is -2.32. The highest BCUT2D eigenvalue weighted by molar-refractivity contribution is 7.89. The van der Waals surface area contributed by atoms with Crippen molar-refractivity contribution >= 4 is 15.9 Å². The Bertz CT molecular complexity index is 719. The number of nitrogens with zero attached hydrogens (tertiary/aromatic N) is 3. The SMILES string of the molecule is CN1CCN(CCCNC(=O)CCCN(C)S(=O)(=O)c2ccc(F)cc2)CC1. The molecule has 0 radical (unpaired) electrons. The Morgan fingerprint density at radius 1 is 1.14 bits per heavy atom. The van der Waals surface area contributed by atoms with Crippen LogP contribution in [-0.2, 0) is 14.8 Å². The monoisotopic (exact) mass is 414 g/mol. The summed E-state index contributed by atoms with van der Waals surface area (Å²) in [6, 6.07) is 4.73. The maximum absolute atomic E-state index is 13.0. The fourth-order valence-electron chi connectivity index (χ4n) is 3.06. The van der Waals surface area contributed by atoms with Gasteiger partial charge in [0.2, 0.25) is 15.9 Å². The number of carbonyl (C=O) groups is 1. The number of hydrogen-bond donors (Lipinski definition) is 1. The van der Waals surface area contributed by atoms with Crippen LogP contribution in [0.2, 0.25) is 0 Å². The predicted octanol–water partition coefficient (Wildman–Crippen LogP) is 0.980. The van der Waals surface area contributed by atoms with Crippen LogP contribution in [0.25, 0.3) is 0 Å². The maximum atomic E-state index is 13.0. The van der Waals surface area contributed by atoms with Gasteiger partial charge in [-0.25, -0.2) is 17.1 Å². The van der Waals surface area contributed by atoms with E-state index in [1.54, 1.807) is 0 Å². The normalized spacial score (nSPS) is 16.4. The summed E-state index contributed by atoms with van der Waals surface area (Å²) in [6.07, 6.45) is 1.62. The van der Waals surface area contributed by atoms with Gasteiger partial charge in [-0.05, 0) is 50.7 Å². The van der Waals surface area contributed by atoms with E-state index in [4.69, 9.17) is 0 Å². The highest BCUT2D eigenvalue weighted by Gasteiger charge is 2.20. The molecule has 1 fully saturated rings. The topological polar surface area (TPSA) is 73.0 Å². The molecular formula is C19H31FN4O3S. The molecule has 0 bridgehead atoms. The molecule has 158 valence electrons. The van der Waals surface area contributed by atoms with Crippen LogP contribution < -0.4 is 5.32 Å². The Morgan fingerprint density at radius 3 is 2.43 bits per heavy atom. The Labute approximate surface area is 167 Å². The van der Waals surface area contributed by atoms with E-state index in [1.165, 1.54) is 23.5 Å². The molecule has 1 N–H and O–H groups in total. The van der Waals surface area contributed by atoms with Gasteiger partial charge in [0.25, 0.3) is 0 Å². The van der Waals surface area contributed by atoms with E-state index in [-0.39, 0.29) is 23.8 Å². The summed E-state index contributed by atoms with van der Waals surface area (Å²) in [4.78, 5) is 16.7. The number of amides is 1. The van der Waals surface area contributed by atoms with Crippen molar-refractivity contribution in [2.75, 3.05) is 59.9 Å². The molecule has 1 aromatic carbocycles. The number of sulfonamides is 1. The Balaban J connectivity index is 1.61. The lowest BCUT2D eigenvalue weighted by atomic mass is 10.2. The molecule has 1 amide bonds. The molecule has 1 saturated heterocycles. The summed E-state index contributed by atoms with van der Waals surface area (Å²) < 4.78 is 38.9. The number of likely N-dealkylation sites (N-methyl/N-ethyl adjacent to an activating group) is 1. The summed E-state index contributed by atoms with van der Waals surface area (Å²) in [6.45, 7) is 6.15. The molecule has 0 aromatic heterocycles. The van der Waals surface area contributed by atoms with Gasteiger partial charge in [-0.15, -0.1) is 0 Å². The van der Waals surface area contributed by atoms with E-state index in [2.05, 4.69) is 22.2 Å². The van der Waals surface area contributed by atoms with Crippen LogP contribution in [0.4, 0.5) is 4.39 Å². The average Bonchev–Trinajstić information content (AvgIpc) is 2.67. The molecule has 7 nitrogen and oxygen atoms in total. The minimum atomic E-state index is -3.66. The number of rotatable bonds is 10. The standard InChI is InChI=1S/C19H31FN4O3S/c1-22-13-15-24(16-14-22)12-4-10-21-19(25)5-3-11-23(2)28(26,27)18-8-6-17(20)7-9-18/h6-9H,3-5,10-16H2,1-2H3,(H,21,25). The second-order valence-corrected chi connectivity index (χ2v) is 9.28. The molecule has 9 heteroatoms. The third-order valence-electron chi connectivity index (χ3n) is 4.97. The van der Waals surface area contributed by atoms with Crippen molar-refractivity contribution in [1.82, 2.24) is 19.4 Å². The van der Waals surface area contributed by atoms with Crippen molar-refractivity contribution in [2.45, 2.75) is 24.2 Å². The van der Waals surface area contributed by atoms with E-state index in [0.717, 1.165) is 51.3 Å². The van der Waals surface area contributed by atoms with Crippen LogP contribution in [0.15, 0.2) is 29.2 Å². The largest absolute Gasteiger partial charge is 0.356 e. The zero-order valence-corrected chi connectivity index (χ0v) is 17.5. The lowest BCUT2D eigenvalue weighted by Crippen LogP contribution is -2.45. The van der Waals surface area contributed by atoms with E-state index in [9.17, 15) is 17.6 Å². The summed E-state index contributed by atoms with van der Waals surface area (Å²) >= 11 is 0. The molecule has 0 atom stereocenters. The molecule has 1 heterocycles. The van der Waals surface area contributed by atoms with Crippen LogP contribution >= 0.6 is 0 Å². The number of piperazine rings is 1. The minimum Gasteiger partial charge on any atom is -0.356 e. The van der Waals surface area contributed by atoms with Crippen LogP contribution in [-0.4, -0.2) is 88.3 Å². The molecule has 1 aromatic rings. The minimum absolute atomic E-state index is 0.0461. The van der Waals surface area contributed by atoms with Crippen LogP contribution in [0, 0.1) is 5.82 Å². The fourth-order valence-corrected chi connectivity index (χ4v) is 4.27. The first kappa shape index (κ1) is 22.7. The van der Waals surface area contributed by atoms with Gasteiger partial charge in [-0.3, -0.25) is 4.79 Å². The van der Waals surface area contributed by atoms with Crippen molar-refractivity contribution in [2.24, 2.45) is 0 Å². The second-order valence-electron chi connectivity index (χ2n) is 7.23. The molecule has 2 rings (SSSR count). The Morgan fingerprint density at radius 2 is 1.79 bits per heavy atom. The van der Waals surface area contributed by atoms with E-state index in [1.807, 2.05) is 0 Å². The lowest BCUT2D eigenvalue weighted by molar-refractivity contribution is -0.121. The second kappa shape index (κ2) is 10.8. The molecule has 0 spiro atoms. The van der Waals surface area contributed by atoms with Gasteiger partial charge < -0.3 is 15.1 Å². The molecule has 28 heavy (non-hydrogen) atoms. The van der Waals surface area contributed by atoms with Gasteiger partial charge in [-0.2, -0.15) is 0 Å². The van der Waals surface area contributed by atoms with Gasteiger partial charge in [-0.1, -0.05) is 0 Å². The highest BCUT2D eigenvalue weighted by atomic mass is 32.2. The van der Waals surface area contributed by atoms with Crippen LogP contribution in [0.1, 0.15) is 19.3 Å². The smallest absolute Gasteiger partial charge is 0.242 e. The van der Waals surface area contributed by atoms with E-state index in [0.29, 0.717) is 13.0 Å². The molecule has 1 aliphatic rings. The number of halogens is 1. The maximum Gasteiger partial charge on any atom is 0.242 e. The van der Waals surface area contributed by atoms with E-state index < -0.39 is 15.8 Å². The first-order valence-electron chi connectivity index (χ1n) is 9.68.